The molecule has 0 aliphatic carbocycles. The van der Waals surface area contributed by atoms with Gasteiger partial charge < -0.3 is 20.1 Å². The fourth-order valence-electron chi connectivity index (χ4n) is 2.21. The predicted molar refractivity (Wildman–Crippen MR) is 116 cm³/mol. The molecule has 0 heterocycles. The Morgan fingerprint density at radius 1 is 1.00 bits per heavy atom. The highest BCUT2D eigenvalue weighted by molar-refractivity contribution is 14.0. The average molecular weight is 463 g/mol. The molecule has 0 aliphatic heterocycles. The molecule has 0 bridgehead atoms. The fraction of sp³-hybridized carbons (Fsp3) is 0.632. The SMILES string of the molecule is CCCCOCCCNC(=NC)NCc1ccccc1COCC.I. The summed E-state index contributed by atoms with van der Waals surface area (Å²) in [5.74, 6) is 0.815. The van der Waals surface area contributed by atoms with Gasteiger partial charge in [-0.05, 0) is 30.9 Å². The molecule has 0 spiro atoms. The van der Waals surface area contributed by atoms with Crippen LogP contribution in [0.4, 0.5) is 0 Å². The second-order valence-electron chi connectivity index (χ2n) is 5.58. The fourth-order valence-corrected chi connectivity index (χ4v) is 2.21. The maximum absolute atomic E-state index is 5.56. The second-order valence-corrected chi connectivity index (χ2v) is 5.58. The van der Waals surface area contributed by atoms with Gasteiger partial charge in [0.25, 0.3) is 0 Å². The number of nitrogens with zero attached hydrogens (tertiary/aromatic N) is 1. The minimum absolute atomic E-state index is 0. The van der Waals surface area contributed by atoms with Crippen LogP contribution in [0, 0.1) is 0 Å². The van der Waals surface area contributed by atoms with Crippen molar-refractivity contribution >= 4 is 29.9 Å². The summed E-state index contributed by atoms with van der Waals surface area (Å²) in [5, 5.41) is 6.68. The summed E-state index contributed by atoms with van der Waals surface area (Å²) in [6, 6.07) is 8.33. The van der Waals surface area contributed by atoms with Gasteiger partial charge in [0, 0.05) is 40.0 Å². The van der Waals surface area contributed by atoms with E-state index in [1.165, 1.54) is 17.5 Å². The van der Waals surface area contributed by atoms with E-state index in [-0.39, 0.29) is 24.0 Å². The van der Waals surface area contributed by atoms with Crippen molar-refractivity contribution in [2.45, 2.75) is 46.3 Å². The molecule has 5 nitrogen and oxygen atoms in total. The van der Waals surface area contributed by atoms with Crippen LogP contribution in [0.2, 0.25) is 0 Å². The van der Waals surface area contributed by atoms with E-state index in [4.69, 9.17) is 9.47 Å². The van der Waals surface area contributed by atoms with E-state index in [1.807, 2.05) is 13.0 Å². The smallest absolute Gasteiger partial charge is 0.191 e. The predicted octanol–water partition coefficient (Wildman–Crippen LogP) is 3.71. The summed E-state index contributed by atoms with van der Waals surface area (Å²) in [6.07, 6.45) is 3.29. The Morgan fingerprint density at radius 3 is 2.40 bits per heavy atom. The Labute approximate surface area is 170 Å². The van der Waals surface area contributed by atoms with E-state index < -0.39 is 0 Å². The molecule has 1 rings (SSSR count). The molecule has 1 aromatic rings. The van der Waals surface area contributed by atoms with Crippen LogP contribution < -0.4 is 10.6 Å². The zero-order valence-corrected chi connectivity index (χ0v) is 18.2. The Morgan fingerprint density at radius 2 is 1.72 bits per heavy atom. The van der Waals surface area contributed by atoms with Gasteiger partial charge in [0.15, 0.2) is 5.96 Å². The van der Waals surface area contributed by atoms with Gasteiger partial charge in [0.05, 0.1) is 6.61 Å². The first-order chi connectivity index (χ1) is 11.8. The maximum Gasteiger partial charge on any atom is 0.191 e. The van der Waals surface area contributed by atoms with Crippen LogP contribution in [0.1, 0.15) is 44.2 Å². The number of ether oxygens (including phenoxy) is 2. The summed E-state index contributed by atoms with van der Waals surface area (Å²) >= 11 is 0. The number of halogens is 1. The van der Waals surface area contributed by atoms with Crippen LogP contribution in [0.15, 0.2) is 29.3 Å². The third-order valence-corrected chi connectivity index (χ3v) is 3.65. The molecule has 0 radical (unpaired) electrons. The molecule has 2 N–H and O–H groups in total. The lowest BCUT2D eigenvalue weighted by Crippen LogP contribution is -2.37. The Hall–Kier alpha value is -0.860. The summed E-state index contributed by atoms with van der Waals surface area (Å²) < 4.78 is 11.1. The lowest BCUT2D eigenvalue weighted by atomic mass is 10.1. The van der Waals surface area contributed by atoms with Gasteiger partial charge in [-0.3, -0.25) is 4.99 Å². The first kappa shape index (κ1) is 24.1. The topological polar surface area (TPSA) is 54.9 Å². The molecular formula is C19H34IN3O2. The van der Waals surface area contributed by atoms with Crippen molar-refractivity contribution < 1.29 is 9.47 Å². The van der Waals surface area contributed by atoms with E-state index in [9.17, 15) is 0 Å². The average Bonchev–Trinajstić information content (AvgIpc) is 2.62. The lowest BCUT2D eigenvalue weighted by molar-refractivity contribution is 0.129. The number of aliphatic imine (C=N–C) groups is 1. The molecule has 0 unspecified atom stereocenters. The van der Waals surface area contributed by atoms with Gasteiger partial charge in [-0.1, -0.05) is 37.6 Å². The van der Waals surface area contributed by atoms with Crippen molar-refractivity contribution in [3.8, 4) is 0 Å². The number of hydrogen-bond donors (Lipinski definition) is 2. The second kappa shape index (κ2) is 16.6. The summed E-state index contributed by atoms with van der Waals surface area (Å²) in [6.45, 7) is 8.80. The van der Waals surface area contributed by atoms with Crippen molar-refractivity contribution in [3.05, 3.63) is 35.4 Å². The van der Waals surface area contributed by atoms with Crippen molar-refractivity contribution in [2.24, 2.45) is 4.99 Å². The lowest BCUT2D eigenvalue weighted by Gasteiger charge is -2.14. The van der Waals surface area contributed by atoms with Crippen LogP contribution in [-0.2, 0) is 22.6 Å². The van der Waals surface area contributed by atoms with Gasteiger partial charge in [0.1, 0.15) is 0 Å². The molecule has 25 heavy (non-hydrogen) atoms. The van der Waals surface area contributed by atoms with Crippen LogP contribution in [0.3, 0.4) is 0 Å². The highest BCUT2D eigenvalue weighted by Gasteiger charge is 2.03. The summed E-state index contributed by atoms with van der Waals surface area (Å²) in [7, 11) is 1.79. The van der Waals surface area contributed by atoms with Gasteiger partial charge in [0.2, 0.25) is 0 Å². The van der Waals surface area contributed by atoms with E-state index >= 15 is 0 Å². The zero-order valence-electron chi connectivity index (χ0n) is 15.8. The molecule has 0 aliphatic rings. The maximum atomic E-state index is 5.56. The molecule has 0 saturated carbocycles. The number of nitrogens with one attached hydrogen (secondary N) is 2. The van der Waals surface area contributed by atoms with Crippen molar-refractivity contribution in [1.29, 1.82) is 0 Å². The summed E-state index contributed by atoms with van der Waals surface area (Å²) in [5.41, 5.74) is 2.45. The molecule has 6 heteroatoms. The molecule has 0 atom stereocenters. The Bertz CT molecular complexity index is 470. The van der Waals surface area contributed by atoms with E-state index in [1.54, 1.807) is 7.05 Å². The van der Waals surface area contributed by atoms with E-state index in [0.29, 0.717) is 6.61 Å². The normalized spacial score (nSPS) is 11.1. The van der Waals surface area contributed by atoms with Gasteiger partial charge in [-0.2, -0.15) is 0 Å². The first-order valence-corrected chi connectivity index (χ1v) is 8.98. The third kappa shape index (κ3) is 11.4. The summed E-state index contributed by atoms with van der Waals surface area (Å²) in [4.78, 5) is 4.26. The van der Waals surface area contributed by atoms with Crippen LogP contribution >= 0.6 is 24.0 Å². The number of unbranched alkanes of at least 4 members (excludes halogenated alkanes) is 1. The Balaban J connectivity index is 0.00000576. The number of benzene rings is 1. The highest BCUT2D eigenvalue weighted by atomic mass is 127. The largest absolute Gasteiger partial charge is 0.381 e. The number of hydrogen-bond acceptors (Lipinski definition) is 3. The van der Waals surface area contributed by atoms with Crippen molar-refractivity contribution in [3.63, 3.8) is 0 Å². The van der Waals surface area contributed by atoms with E-state index in [2.05, 4.69) is 40.7 Å². The van der Waals surface area contributed by atoms with Crippen LogP contribution in [0.25, 0.3) is 0 Å². The van der Waals surface area contributed by atoms with Gasteiger partial charge in [-0.15, -0.1) is 24.0 Å². The van der Waals surface area contributed by atoms with Crippen molar-refractivity contribution in [2.75, 3.05) is 33.4 Å². The highest BCUT2D eigenvalue weighted by Crippen LogP contribution is 2.09. The zero-order chi connectivity index (χ0) is 17.5. The standard InChI is InChI=1S/C19H33N3O2.HI/c1-4-6-13-24-14-9-12-21-19(20-3)22-15-17-10-7-8-11-18(17)16-23-5-2;/h7-8,10-11H,4-6,9,12-16H2,1-3H3,(H2,20,21,22);1H. The third-order valence-electron chi connectivity index (χ3n) is 3.65. The minimum atomic E-state index is 0. The molecule has 144 valence electrons. The molecule has 0 saturated heterocycles. The molecule has 0 aromatic heterocycles. The van der Waals surface area contributed by atoms with Gasteiger partial charge in [-0.25, -0.2) is 0 Å². The number of rotatable bonds is 12. The van der Waals surface area contributed by atoms with E-state index in [0.717, 1.165) is 51.7 Å². The quantitative estimate of drug-likeness (QED) is 0.215. The van der Waals surface area contributed by atoms with Gasteiger partial charge >= 0.3 is 0 Å². The molecule has 0 fully saturated rings. The van der Waals surface area contributed by atoms with Crippen LogP contribution in [-0.4, -0.2) is 39.4 Å². The van der Waals surface area contributed by atoms with Crippen LogP contribution in [0.5, 0.6) is 0 Å². The molecular weight excluding hydrogens is 429 g/mol. The first-order valence-electron chi connectivity index (χ1n) is 8.98. The Kier molecular flexibility index (Phi) is 16.0. The number of guanidine groups is 1. The molecule has 0 amide bonds. The molecule has 1 aromatic carbocycles. The monoisotopic (exact) mass is 463 g/mol. The minimum Gasteiger partial charge on any atom is -0.381 e. The van der Waals surface area contributed by atoms with Crippen molar-refractivity contribution in [1.82, 2.24) is 10.6 Å².